The Labute approximate surface area is 137 Å². The van der Waals surface area contributed by atoms with Crippen LogP contribution in [0.3, 0.4) is 0 Å². The molecule has 3 rings (SSSR count). The van der Waals surface area contributed by atoms with Crippen LogP contribution in [0.1, 0.15) is 5.56 Å². The maximum atomic E-state index is 13.2. The van der Waals surface area contributed by atoms with Gasteiger partial charge in [0.25, 0.3) is 0 Å². The first-order valence-electron chi connectivity index (χ1n) is 7.60. The number of ether oxygens (including phenoxy) is 2. The van der Waals surface area contributed by atoms with Crippen LogP contribution in [0.25, 0.3) is 0 Å². The monoisotopic (exact) mass is 338 g/mol. The van der Waals surface area contributed by atoms with Crippen LogP contribution in [0.15, 0.2) is 48.8 Å². The zero-order valence-corrected chi connectivity index (χ0v) is 12.8. The minimum Gasteiger partial charge on any atom is -0.486 e. The van der Waals surface area contributed by atoms with E-state index in [-0.39, 0.29) is 19.6 Å². The molecule has 1 aliphatic heterocycles. The molecule has 1 aromatic heterocycles. The minimum absolute atomic E-state index is 0.0452. The predicted molar refractivity (Wildman–Crippen MR) is 82.1 cm³/mol. The average Bonchev–Trinajstić information content (AvgIpc) is 2.58. The van der Waals surface area contributed by atoms with Crippen LogP contribution >= 0.6 is 0 Å². The van der Waals surface area contributed by atoms with Crippen molar-refractivity contribution in [3.63, 3.8) is 0 Å². The summed E-state index contributed by atoms with van der Waals surface area (Å²) < 4.78 is 50.9. The highest BCUT2D eigenvalue weighted by Crippen LogP contribution is 2.31. The highest BCUT2D eigenvalue weighted by atomic mass is 19.4. The molecular formula is C17H17F3N2O2. The van der Waals surface area contributed by atoms with Gasteiger partial charge in [0.15, 0.2) is 11.5 Å². The van der Waals surface area contributed by atoms with Gasteiger partial charge in [-0.3, -0.25) is 4.98 Å². The lowest BCUT2D eigenvalue weighted by molar-refractivity contribution is -0.156. The van der Waals surface area contributed by atoms with Crippen molar-refractivity contribution in [3.05, 3.63) is 54.4 Å². The minimum atomic E-state index is -4.35. The third kappa shape index (κ3) is 4.17. The second-order valence-corrected chi connectivity index (χ2v) is 5.56. The van der Waals surface area contributed by atoms with Gasteiger partial charge in [0.2, 0.25) is 0 Å². The van der Waals surface area contributed by atoms with Crippen LogP contribution in [-0.4, -0.2) is 36.5 Å². The number of pyridine rings is 1. The molecule has 0 saturated heterocycles. The Morgan fingerprint density at radius 3 is 2.54 bits per heavy atom. The first-order chi connectivity index (χ1) is 11.5. The van der Waals surface area contributed by atoms with E-state index in [9.17, 15) is 13.2 Å². The maximum absolute atomic E-state index is 13.2. The van der Waals surface area contributed by atoms with Gasteiger partial charge in [-0.15, -0.1) is 0 Å². The molecule has 24 heavy (non-hydrogen) atoms. The highest BCUT2D eigenvalue weighted by molar-refractivity contribution is 5.40. The normalized spacial score (nSPS) is 18.2. The lowest BCUT2D eigenvalue weighted by Gasteiger charge is -2.29. The van der Waals surface area contributed by atoms with Crippen molar-refractivity contribution in [1.82, 2.24) is 10.3 Å². The molecule has 4 nitrogen and oxygen atoms in total. The van der Waals surface area contributed by atoms with Crippen LogP contribution in [0.2, 0.25) is 0 Å². The smallest absolute Gasteiger partial charge is 0.404 e. The van der Waals surface area contributed by atoms with Gasteiger partial charge < -0.3 is 14.8 Å². The summed E-state index contributed by atoms with van der Waals surface area (Å²) in [6.07, 6.45) is -2.01. The van der Waals surface area contributed by atoms with E-state index in [4.69, 9.17) is 9.47 Å². The molecule has 2 atom stereocenters. The molecule has 0 aliphatic carbocycles. The van der Waals surface area contributed by atoms with E-state index in [1.807, 2.05) is 6.07 Å². The molecule has 1 aliphatic rings. The van der Waals surface area contributed by atoms with E-state index in [1.54, 1.807) is 30.3 Å². The Hall–Kier alpha value is -2.28. The molecule has 1 aromatic carbocycles. The topological polar surface area (TPSA) is 43.4 Å². The molecule has 2 aromatic rings. The summed E-state index contributed by atoms with van der Waals surface area (Å²) in [7, 11) is 0. The zero-order chi connectivity index (χ0) is 17.0. The Balaban J connectivity index is 1.60. The van der Waals surface area contributed by atoms with Crippen molar-refractivity contribution in [1.29, 1.82) is 0 Å². The van der Waals surface area contributed by atoms with Gasteiger partial charge in [-0.1, -0.05) is 12.1 Å². The van der Waals surface area contributed by atoms with Crippen LogP contribution in [0, 0.1) is 0 Å². The molecule has 128 valence electrons. The van der Waals surface area contributed by atoms with E-state index in [0.717, 1.165) is 0 Å². The number of benzene rings is 1. The van der Waals surface area contributed by atoms with Crippen LogP contribution in [-0.2, 0) is 6.42 Å². The molecular weight excluding hydrogens is 321 g/mol. The van der Waals surface area contributed by atoms with Gasteiger partial charge in [0, 0.05) is 18.9 Å². The number of fused-ring (bicyclic) bond motifs is 1. The number of rotatable bonds is 5. The molecule has 7 heteroatoms. The van der Waals surface area contributed by atoms with E-state index >= 15 is 0 Å². The van der Waals surface area contributed by atoms with Gasteiger partial charge in [-0.2, -0.15) is 13.2 Å². The summed E-state index contributed by atoms with van der Waals surface area (Å²) in [6.45, 7) is 0.257. The first-order valence-corrected chi connectivity index (χ1v) is 7.60. The summed E-state index contributed by atoms with van der Waals surface area (Å²) in [5.41, 5.74) is 0.575. The van der Waals surface area contributed by atoms with Gasteiger partial charge in [-0.05, 0) is 36.2 Å². The van der Waals surface area contributed by atoms with Crippen molar-refractivity contribution in [2.24, 2.45) is 0 Å². The second-order valence-electron chi connectivity index (χ2n) is 5.56. The number of hydrogen-bond acceptors (Lipinski definition) is 4. The van der Waals surface area contributed by atoms with Crippen molar-refractivity contribution in [3.8, 4) is 11.5 Å². The van der Waals surface area contributed by atoms with Crippen molar-refractivity contribution < 1.29 is 22.6 Å². The zero-order valence-electron chi connectivity index (χ0n) is 12.8. The summed E-state index contributed by atoms with van der Waals surface area (Å²) in [5, 5.41) is 2.56. The average molecular weight is 338 g/mol. The van der Waals surface area contributed by atoms with Crippen LogP contribution < -0.4 is 14.8 Å². The molecule has 0 amide bonds. The standard InChI is InChI=1S/C17H17F3N2O2/c18-17(19,20)16(9-12-5-7-21-8-6-12)22-10-13-11-23-14-3-1-2-4-15(14)24-13/h1-8,13,16,22H,9-11H2/t13-,16-/m1/s1. The fourth-order valence-electron chi connectivity index (χ4n) is 2.50. The van der Waals surface area contributed by atoms with E-state index in [0.29, 0.717) is 17.1 Å². The molecule has 0 bridgehead atoms. The summed E-state index contributed by atoms with van der Waals surface area (Å²) >= 11 is 0. The molecule has 1 N–H and O–H groups in total. The van der Waals surface area contributed by atoms with E-state index < -0.39 is 18.3 Å². The Morgan fingerprint density at radius 2 is 1.83 bits per heavy atom. The highest BCUT2D eigenvalue weighted by Gasteiger charge is 2.39. The van der Waals surface area contributed by atoms with Crippen molar-refractivity contribution >= 4 is 0 Å². The van der Waals surface area contributed by atoms with Crippen LogP contribution in [0.5, 0.6) is 11.5 Å². The summed E-state index contributed by atoms with van der Waals surface area (Å²) in [6, 6.07) is 8.62. The predicted octanol–water partition coefficient (Wildman–Crippen LogP) is 2.98. The fraction of sp³-hybridized carbons (Fsp3) is 0.353. The fourth-order valence-corrected chi connectivity index (χ4v) is 2.50. The van der Waals surface area contributed by atoms with Gasteiger partial charge in [0.05, 0.1) is 0 Å². The number of para-hydroxylation sites is 2. The van der Waals surface area contributed by atoms with Crippen molar-refractivity contribution in [2.75, 3.05) is 13.2 Å². The lowest BCUT2D eigenvalue weighted by Crippen LogP contribution is -2.49. The first kappa shape index (κ1) is 16.6. The largest absolute Gasteiger partial charge is 0.486 e. The number of nitrogens with one attached hydrogen (secondary N) is 1. The molecule has 0 fully saturated rings. The van der Waals surface area contributed by atoms with E-state index in [1.165, 1.54) is 12.4 Å². The Bertz CT molecular complexity index is 664. The molecule has 2 heterocycles. The third-order valence-electron chi connectivity index (χ3n) is 3.74. The third-order valence-corrected chi connectivity index (χ3v) is 3.74. The molecule has 0 saturated carbocycles. The van der Waals surface area contributed by atoms with Crippen LogP contribution in [0.4, 0.5) is 13.2 Å². The quantitative estimate of drug-likeness (QED) is 0.910. The molecule has 0 spiro atoms. The number of halogens is 3. The second kappa shape index (κ2) is 7.09. The SMILES string of the molecule is FC(F)(F)[C@@H](Cc1ccncc1)NC[C@@H]1COc2ccccc2O1. The van der Waals surface area contributed by atoms with Gasteiger partial charge in [0.1, 0.15) is 18.8 Å². The number of hydrogen-bond donors (Lipinski definition) is 1. The van der Waals surface area contributed by atoms with Gasteiger partial charge in [-0.25, -0.2) is 0 Å². The molecule has 0 unspecified atom stereocenters. The maximum Gasteiger partial charge on any atom is 0.404 e. The van der Waals surface area contributed by atoms with E-state index in [2.05, 4.69) is 10.3 Å². The van der Waals surface area contributed by atoms with Gasteiger partial charge >= 0.3 is 6.18 Å². The number of nitrogens with zero attached hydrogens (tertiary/aromatic N) is 1. The Kier molecular flexibility index (Phi) is 4.89. The lowest BCUT2D eigenvalue weighted by atomic mass is 10.1. The summed E-state index contributed by atoms with van der Waals surface area (Å²) in [4.78, 5) is 3.82. The number of alkyl halides is 3. The van der Waals surface area contributed by atoms with Crippen molar-refractivity contribution in [2.45, 2.75) is 24.7 Å². The summed E-state index contributed by atoms with van der Waals surface area (Å²) in [5.74, 6) is 1.16. The molecule has 0 radical (unpaired) electrons. The number of aromatic nitrogens is 1. The Morgan fingerprint density at radius 1 is 1.12 bits per heavy atom.